The van der Waals surface area contributed by atoms with Crippen LogP contribution in [0.4, 0.5) is 0 Å². The standard InChI is InChI=1S/C18H32N2/c1-12-9-14(11-20(12)15-5-6-15)19-16-10-13-7-8-18(16,4)17(13,2)3/h12-16,19H,5-11H2,1-4H3. The van der Waals surface area contributed by atoms with Gasteiger partial charge in [0.1, 0.15) is 0 Å². The number of fused-ring (bicyclic) bond motifs is 2. The van der Waals surface area contributed by atoms with Gasteiger partial charge in [-0.15, -0.1) is 0 Å². The normalized spacial score (nSPS) is 51.0. The second-order valence-electron chi connectivity index (χ2n) is 9.04. The second kappa shape index (κ2) is 4.23. The lowest BCUT2D eigenvalue weighted by molar-refractivity contribution is 0.115. The quantitative estimate of drug-likeness (QED) is 0.850. The molecule has 0 radical (unpaired) electrons. The molecule has 0 aromatic rings. The largest absolute Gasteiger partial charge is 0.309 e. The molecule has 0 aromatic heterocycles. The zero-order valence-electron chi connectivity index (χ0n) is 13.8. The van der Waals surface area contributed by atoms with E-state index in [-0.39, 0.29) is 0 Å². The highest BCUT2D eigenvalue weighted by molar-refractivity contribution is 5.14. The van der Waals surface area contributed by atoms with Crippen LogP contribution in [0.1, 0.15) is 66.2 Å². The Morgan fingerprint density at radius 1 is 1.05 bits per heavy atom. The van der Waals surface area contributed by atoms with Gasteiger partial charge >= 0.3 is 0 Å². The van der Waals surface area contributed by atoms with Gasteiger partial charge in [0.25, 0.3) is 0 Å². The Morgan fingerprint density at radius 3 is 2.35 bits per heavy atom. The van der Waals surface area contributed by atoms with E-state index < -0.39 is 0 Å². The number of nitrogens with zero attached hydrogens (tertiary/aromatic N) is 1. The fourth-order valence-electron chi connectivity index (χ4n) is 5.83. The zero-order chi connectivity index (χ0) is 14.1. The minimum absolute atomic E-state index is 0.536. The average Bonchev–Trinajstić information content (AvgIpc) is 3.09. The van der Waals surface area contributed by atoms with Crippen LogP contribution in [-0.4, -0.2) is 35.6 Å². The van der Waals surface area contributed by atoms with Gasteiger partial charge in [-0.2, -0.15) is 0 Å². The lowest BCUT2D eigenvalue weighted by Crippen LogP contribution is -2.49. The van der Waals surface area contributed by atoms with E-state index in [1.807, 2.05) is 0 Å². The van der Waals surface area contributed by atoms with Gasteiger partial charge in [-0.1, -0.05) is 20.8 Å². The molecule has 20 heavy (non-hydrogen) atoms. The van der Waals surface area contributed by atoms with Gasteiger partial charge < -0.3 is 5.32 Å². The maximum absolute atomic E-state index is 4.11. The summed E-state index contributed by atoms with van der Waals surface area (Å²) in [5.41, 5.74) is 1.08. The number of nitrogens with one attached hydrogen (secondary N) is 1. The van der Waals surface area contributed by atoms with Crippen molar-refractivity contribution < 1.29 is 0 Å². The Bertz CT molecular complexity index is 400. The molecule has 3 saturated carbocycles. The predicted molar refractivity (Wildman–Crippen MR) is 83.7 cm³/mol. The van der Waals surface area contributed by atoms with Crippen molar-refractivity contribution in [3.63, 3.8) is 0 Å². The summed E-state index contributed by atoms with van der Waals surface area (Å²) >= 11 is 0. The topological polar surface area (TPSA) is 15.3 Å². The fourth-order valence-corrected chi connectivity index (χ4v) is 5.83. The minimum Gasteiger partial charge on any atom is -0.309 e. The molecule has 1 aliphatic heterocycles. The first-order valence-electron chi connectivity index (χ1n) is 8.93. The number of likely N-dealkylation sites (tertiary alicyclic amines) is 1. The summed E-state index contributed by atoms with van der Waals surface area (Å²) < 4.78 is 0. The third kappa shape index (κ3) is 1.76. The smallest absolute Gasteiger partial charge is 0.0212 e. The molecule has 5 atom stereocenters. The number of rotatable bonds is 3. The highest BCUT2D eigenvalue weighted by Gasteiger charge is 2.61. The lowest BCUT2D eigenvalue weighted by atomic mass is 9.69. The van der Waals surface area contributed by atoms with Gasteiger partial charge in [-0.3, -0.25) is 4.90 Å². The van der Waals surface area contributed by atoms with E-state index in [2.05, 4.69) is 37.9 Å². The van der Waals surface area contributed by atoms with Gasteiger partial charge in [-0.25, -0.2) is 0 Å². The zero-order valence-corrected chi connectivity index (χ0v) is 13.8. The van der Waals surface area contributed by atoms with Crippen LogP contribution in [0.3, 0.4) is 0 Å². The summed E-state index contributed by atoms with van der Waals surface area (Å²) in [6, 6.07) is 3.26. The first-order chi connectivity index (χ1) is 9.42. The molecule has 1 saturated heterocycles. The molecule has 1 heterocycles. The van der Waals surface area contributed by atoms with Crippen LogP contribution >= 0.6 is 0 Å². The summed E-state index contributed by atoms with van der Waals surface area (Å²) in [5.74, 6) is 0.961. The van der Waals surface area contributed by atoms with E-state index in [1.54, 1.807) is 0 Å². The molecule has 114 valence electrons. The van der Waals surface area contributed by atoms with Crippen LogP contribution in [0.25, 0.3) is 0 Å². The van der Waals surface area contributed by atoms with Crippen LogP contribution in [0, 0.1) is 16.7 Å². The van der Waals surface area contributed by atoms with Gasteiger partial charge in [0.15, 0.2) is 0 Å². The van der Waals surface area contributed by atoms with E-state index in [9.17, 15) is 0 Å². The Kier molecular flexibility index (Phi) is 2.87. The summed E-state index contributed by atoms with van der Waals surface area (Å²) in [7, 11) is 0. The highest BCUT2D eigenvalue weighted by Crippen LogP contribution is 2.65. The molecule has 0 spiro atoms. The van der Waals surface area contributed by atoms with Gasteiger partial charge in [0, 0.05) is 30.7 Å². The van der Waals surface area contributed by atoms with Crippen molar-refractivity contribution in [3.05, 3.63) is 0 Å². The van der Waals surface area contributed by atoms with Gasteiger partial charge in [0.2, 0.25) is 0 Å². The molecule has 5 unspecified atom stereocenters. The molecule has 4 fully saturated rings. The van der Waals surface area contributed by atoms with Crippen LogP contribution in [0.2, 0.25) is 0 Å². The second-order valence-corrected chi connectivity index (χ2v) is 9.04. The van der Waals surface area contributed by atoms with Crippen LogP contribution in [0.5, 0.6) is 0 Å². The van der Waals surface area contributed by atoms with Crippen molar-refractivity contribution in [3.8, 4) is 0 Å². The van der Waals surface area contributed by atoms with E-state index in [0.29, 0.717) is 10.8 Å². The summed E-state index contributed by atoms with van der Waals surface area (Å²) in [4.78, 5) is 2.78. The van der Waals surface area contributed by atoms with Crippen molar-refractivity contribution in [2.45, 2.75) is 90.4 Å². The summed E-state index contributed by atoms with van der Waals surface area (Å²) in [5, 5.41) is 4.11. The minimum atomic E-state index is 0.536. The van der Waals surface area contributed by atoms with E-state index in [4.69, 9.17) is 0 Å². The molecule has 0 amide bonds. The molecule has 0 aromatic carbocycles. The molecule has 2 nitrogen and oxygen atoms in total. The van der Waals surface area contributed by atoms with Crippen LogP contribution < -0.4 is 5.32 Å². The molecule has 4 aliphatic rings. The van der Waals surface area contributed by atoms with E-state index in [1.165, 1.54) is 45.1 Å². The molecular formula is C18H32N2. The SMILES string of the molecule is CC1CC(NC2CC3CCC2(C)C3(C)C)CN1C1CC1. The Morgan fingerprint density at radius 2 is 1.80 bits per heavy atom. The number of hydrogen-bond donors (Lipinski definition) is 1. The Balaban J connectivity index is 1.43. The number of hydrogen-bond acceptors (Lipinski definition) is 2. The predicted octanol–water partition coefficient (Wildman–Crippen LogP) is 3.42. The van der Waals surface area contributed by atoms with Crippen LogP contribution in [-0.2, 0) is 0 Å². The Labute approximate surface area is 124 Å². The first-order valence-corrected chi connectivity index (χ1v) is 8.93. The molecule has 3 aliphatic carbocycles. The molecule has 2 bridgehead atoms. The summed E-state index contributed by atoms with van der Waals surface area (Å²) in [6.07, 6.45) is 8.61. The Hall–Kier alpha value is -0.0800. The van der Waals surface area contributed by atoms with E-state index >= 15 is 0 Å². The van der Waals surface area contributed by atoms with E-state index in [0.717, 1.165) is 30.1 Å². The van der Waals surface area contributed by atoms with Crippen molar-refractivity contribution >= 4 is 0 Å². The molecule has 2 heteroatoms. The van der Waals surface area contributed by atoms with Gasteiger partial charge in [0.05, 0.1) is 0 Å². The van der Waals surface area contributed by atoms with Crippen LogP contribution in [0.15, 0.2) is 0 Å². The maximum Gasteiger partial charge on any atom is 0.0212 e. The van der Waals surface area contributed by atoms with Crippen molar-refractivity contribution in [2.75, 3.05) is 6.54 Å². The third-order valence-electron chi connectivity index (χ3n) is 7.87. The van der Waals surface area contributed by atoms with Crippen molar-refractivity contribution in [1.29, 1.82) is 0 Å². The van der Waals surface area contributed by atoms with Gasteiger partial charge in [-0.05, 0) is 62.2 Å². The highest BCUT2D eigenvalue weighted by atomic mass is 15.3. The van der Waals surface area contributed by atoms with Crippen molar-refractivity contribution in [1.82, 2.24) is 10.2 Å². The molecular weight excluding hydrogens is 244 g/mol. The lowest BCUT2D eigenvalue weighted by Gasteiger charge is -2.40. The monoisotopic (exact) mass is 276 g/mol. The third-order valence-corrected chi connectivity index (χ3v) is 7.87. The first kappa shape index (κ1) is 13.6. The average molecular weight is 276 g/mol. The molecule has 4 rings (SSSR count). The summed E-state index contributed by atoms with van der Waals surface area (Å²) in [6.45, 7) is 11.4. The fraction of sp³-hybridized carbons (Fsp3) is 1.00. The van der Waals surface area contributed by atoms with Crippen molar-refractivity contribution in [2.24, 2.45) is 16.7 Å². The maximum atomic E-state index is 4.11. The molecule has 1 N–H and O–H groups in total.